The van der Waals surface area contributed by atoms with E-state index in [1.165, 1.54) is 25.7 Å². The van der Waals surface area contributed by atoms with E-state index in [0.717, 1.165) is 13.1 Å². The van der Waals surface area contributed by atoms with E-state index < -0.39 is 0 Å². The summed E-state index contributed by atoms with van der Waals surface area (Å²) in [7, 11) is 0. The molecule has 2 heteroatoms. The Morgan fingerprint density at radius 3 is 1.94 bits per heavy atom. The Hall–Kier alpha value is -0.0800. The molecule has 2 rings (SSSR count). The topological polar surface area (TPSA) is 38.0 Å². The van der Waals surface area contributed by atoms with Crippen molar-refractivity contribution in [3.63, 3.8) is 0 Å². The Labute approximate surface area is 100 Å². The van der Waals surface area contributed by atoms with Crippen LogP contribution in [-0.4, -0.2) is 19.1 Å². The third-order valence-corrected chi connectivity index (χ3v) is 5.80. The smallest absolute Gasteiger partial charge is 0.0181 e. The minimum absolute atomic E-state index is 0.411. The van der Waals surface area contributed by atoms with E-state index in [1.54, 1.807) is 0 Å². The number of rotatable bonds is 4. The Balaban J connectivity index is 1.89. The summed E-state index contributed by atoms with van der Waals surface area (Å²) in [6.45, 7) is 11.5. The fraction of sp³-hybridized carbons (Fsp3) is 1.00. The second-order valence-corrected chi connectivity index (χ2v) is 7.17. The molecule has 0 aliphatic heterocycles. The summed E-state index contributed by atoms with van der Waals surface area (Å²) in [5, 5.41) is 3.79. The van der Waals surface area contributed by atoms with Crippen molar-refractivity contribution in [3.8, 4) is 0 Å². The van der Waals surface area contributed by atoms with Crippen molar-refractivity contribution < 1.29 is 0 Å². The molecule has 0 aromatic rings. The Morgan fingerprint density at radius 2 is 1.56 bits per heavy atom. The monoisotopic (exact) mass is 224 g/mol. The molecule has 16 heavy (non-hydrogen) atoms. The van der Waals surface area contributed by atoms with Gasteiger partial charge in [0.25, 0.3) is 0 Å². The highest BCUT2D eigenvalue weighted by Gasteiger charge is 2.64. The van der Waals surface area contributed by atoms with Gasteiger partial charge in [-0.05, 0) is 35.6 Å². The summed E-state index contributed by atoms with van der Waals surface area (Å²) < 4.78 is 0. The second-order valence-electron chi connectivity index (χ2n) is 7.17. The van der Waals surface area contributed by atoms with E-state index in [0.29, 0.717) is 22.3 Å². The fourth-order valence-corrected chi connectivity index (χ4v) is 3.60. The molecule has 0 amide bonds. The Morgan fingerprint density at radius 1 is 1.06 bits per heavy atom. The molecule has 2 fully saturated rings. The summed E-state index contributed by atoms with van der Waals surface area (Å²) in [5.41, 5.74) is 7.27. The maximum Gasteiger partial charge on any atom is 0.0181 e. The number of nitrogens with one attached hydrogen (secondary N) is 1. The molecule has 2 aliphatic rings. The van der Waals surface area contributed by atoms with E-state index in [2.05, 4.69) is 33.0 Å². The van der Waals surface area contributed by atoms with Gasteiger partial charge in [-0.15, -0.1) is 0 Å². The van der Waals surface area contributed by atoms with E-state index in [1.807, 2.05) is 0 Å². The van der Waals surface area contributed by atoms with Crippen LogP contribution in [0.4, 0.5) is 0 Å². The lowest BCUT2D eigenvalue weighted by Gasteiger charge is -2.28. The predicted octanol–water partition coefficient (Wildman–Crippen LogP) is 2.53. The van der Waals surface area contributed by atoms with Crippen LogP contribution in [0.1, 0.15) is 53.4 Å². The fourth-order valence-electron chi connectivity index (χ4n) is 3.60. The van der Waals surface area contributed by atoms with Crippen molar-refractivity contribution in [2.24, 2.45) is 22.0 Å². The average molecular weight is 224 g/mol. The average Bonchev–Trinajstić information content (AvgIpc) is 2.62. The van der Waals surface area contributed by atoms with Crippen LogP contribution in [0.3, 0.4) is 0 Å². The summed E-state index contributed by atoms with van der Waals surface area (Å²) in [6, 6.07) is 0.670. The SMILES string of the molecule is CC1(C)C(NCC2(CN)CCCC2)C1(C)C. The van der Waals surface area contributed by atoms with Gasteiger partial charge in [0.05, 0.1) is 0 Å². The van der Waals surface area contributed by atoms with Crippen molar-refractivity contribution >= 4 is 0 Å². The van der Waals surface area contributed by atoms with Crippen LogP contribution >= 0.6 is 0 Å². The predicted molar refractivity (Wildman–Crippen MR) is 69.3 cm³/mol. The number of hydrogen-bond acceptors (Lipinski definition) is 2. The van der Waals surface area contributed by atoms with Gasteiger partial charge < -0.3 is 11.1 Å². The molecule has 3 N–H and O–H groups in total. The van der Waals surface area contributed by atoms with Crippen LogP contribution in [0.15, 0.2) is 0 Å². The molecule has 0 aromatic heterocycles. The maximum absolute atomic E-state index is 5.97. The Kier molecular flexibility index (Phi) is 2.87. The van der Waals surface area contributed by atoms with E-state index in [9.17, 15) is 0 Å². The van der Waals surface area contributed by atoms with Crippen molar-refractivity contribution in [1.82, 2.24) is 5.32 Å². The molecule has 0 spiro atoms. The minimum Gasteiger partial charge on any atom is -0.330 e. The lowest BCUT2D eigenvalue weighted by atomic mass is 9.86. The highest BCUT2D eigenvalue weighted by Crippen LogP contribution is 2.62. The van der Waals surface area contributed by atoms with E-state index in [-0.39, 0.29) is 0 Å². The van der Waals surface area contributed by atoms with Gasteiger partial charge in [-0.1, -0.05) is 40.5 Å². The highest BCUT2D eigenvalue weighted by atomic mass is 15.1. The van der Waals surface area contributed by atoms with Crippen LogP contribution in [0, 0.1) is 16.2 Å². The minimum atomic E-state index is 0.411. The second kappa shape index (κ2) is 3.71. The first-order valence-corrected chi connectivity index (χ1v) is 6.79. The molecular weight excluding hydrogens is 196 g/mol. The lowest BCUT2D eigenvalue weighted by Crippen LogP contribution is -2.40. The van der Waals surface area contributed by atoms with E-state index in [4.69, 9.17) is 5.73 Å². The molecule has 0 atom stereocenters. The molecule has 0 bridgehead atoms. The first-order valence-electron chi connectivity index (χ1n) is 6.79. The zero-order chi connectivity index (χ0) is 12.0. The van der Waals surface area contributed by atoms with Crippen LogP contribution in [0.2, 0.25) is 0 Å². The quantitative estimate of drug-likeness (QED) is 0.770. The van der Waals surface area contributed by atoms with Gasteiger partial charge in [-0.25, -0.2) is 0 Å². The molecule has 2 nitrogen and oxygen atoms in total. The third-order valence-electron chi connectivity index (χ3n) is 5.80. The van der Waals surface area contributed by atoms with Crippen LogP contribution < -0.4 is 11.1 Å². The molecule has 0 aromatic carbocycles. The summed E-state index contributed by atoms with van der Waals surface area (Å²) in [5.74, 6) is 0. The summed E-state index contributed by atoms with van der Waals surface area (Å²) >= 11 is 0. The molecule has 94 valence electrons. The van der Waals surface area contributed by atoms with Gasteiger partial charge >= 0.3 is 0 Å². The standard InChI is InChI=1S/C14H28N2/c1-12(2)11(13(12,3)4)16-10-14(9-15)7-5-6-8-14/h11,16H,5-10,15H2,1-4H3. The molecule has 0 saturated heterocycles. The van der Waals surface area contributed by atoms with Crippen molar-refractivity contribution in [3.05, 3.63) is 0 Å². The largest absolute Gasteiger partial charge is 0.330 e. The van der Waals surface area contributed by atoms with Crippen molar-refractivity contribution in [2.45, 2.75) is 59.4 Å². The normalized spacial score (nSPS) is 30.6. The molecule has 2 saturated carbocycles. The van der Waals surface area contributed by atoms with Gasteiger partial charge in [0.1, 0.15) is 0 Å². The highest BCUT2D eigenvalue weighted by molar-refractivity contribution is 5.18. The molecular formula is C14H28N2. The van der Waals surface area contributed by atoms with Crippen molar-refractivity contribution in [1.29, 1.82) is 0 Å². The molecule has 0 heterocycles. The van der Waals surface area contributed by atoms with Crippen LogP contribution in [0.25, 0.3) is 0 Å². The third kappa shape index (κ3) is 1.70. The first-order chi connectivity index (χ1) is 7.36. The van der Waals surface area contributed by atoms with Gasteiger partial charge in [0, 0.05) is 12.6 Å². The van der Waals surface area contributed by atoms with Crippen LogP contribution in [-0.2, 0) is 0 Å². The lowest BCUT2D eigenvalue weighted by molar-refractivity contribution is 0.282. The van der Waals surface area contributed by atoms with Gasteiger partial charge in [-0.2, -0.15) is 0 Å². The zero-order valence-electron chi connectivity index (χ0n) is 11.4. The van der Waals surface area contributed by atoms with E-state index >= 15 is 0 Å². The number of hydrogen-bond donors (Lipinski definition) is 2. The molecule has 0 unspecified atom stereocenters. The summed E-state index contributed by atoms with van der Waals surface area (Å²) in [4.78, 5) is 0. The Bertz CT molecular complexity index is 248. The summed E-state index contributed by atoms with van der Waals surface area (Å²) in [6.07, 6.45) is 5.39. The van der Waals surface area contributed by atoms with Gasteiger partial charge in [-0.3, -0.25) is 0 Å². The molecule has 0 radical (unpaired) electrons. The number of nitrogens with two attached hydrogens (primary N) is 1. The van der Waals surface area contributed by atoms with Gasteiger partial charge in [0.2, 0.25) is 0 Å². The van der Waals surface area contributed by atoms with Crippen LogP contribution in [0.5, 0.6) is 0 Å². The van der Waals surface area contributed by atoms with Gasteiger partial charge in [0.15, 0.2) is 0 Å². The zero-order valence-corrected chi connectivity index (χ0v) is 11.4. The molecule has 2 aliphatic carbocycles. The first kappa shape index (κ1) is 12.4. The van der Waals surface area contributed by atoms with Crippen molar-refractivity contribution in [2.75, 3.05) is 13.1 Å². The maximum atomic E-state index is 5.97.